The van der Waals surface area contributed by atoms with Crippen LogP contribution in [0, 0.1) is 0 Å². The van der Waals surface area contributed by atoms with E-state index < -0.39 is 0 Å². The number of nitrogens with zero attached hydrogens (tertiary/aromatic N) is 1. The summed E-state index contributed by atoms with van der Waals surface area (Å²) in [5.41, 5.74) is 0.946. The smallest absolute Gasteiger partial charge is 0.261 e. The number of rotatable bonds is 13. The molecule has 0 N–H and O–H groups in total. The second-order valence-corrected chi connectivity index (χ2v) is 8.37. The molecule has 0 amide bonds. The van der Waals surface area contributed by atoms with Crippen LogP contribution in [0.5, 0.6) is 0 Å². The first-order valence-electron chi connectivity index (χ1n) is 9.34. The van der Waals surface area contributed by atoms with E-state index >= 15 is 0 Å². The van der Waals surface area contributed by atoms with E-state index in [1.807, 2.05) is 41.1 Å². The minimum atomic E-state index is 0.735. The molecule has 1 aromatic rings. The van der Waals surface area contributed by atoms with E-state index in [9.17, 15) is 0 Å². The van der Waals surface area contributed by atoms with Crippen LogP contribution in [0.15, 0.2) is 35.3 Å². The largest absolute Gasteiger partial charge is 0.476 e. The van der Waals surface area contributed by atoms with Crippen molar-refractivity contribution in [2.24, 2.45) is 4.99 Å². The molecule has 1 aromatic carbocycles. The van der Waals surface area contributed by atoms with Gasteiger partial charge in [0.1, 0.15) is 0 Å². The Balaban J connectivity index is 1.96. The van der Waals surface area contributed by atoms with E-state index in [1.165, 1.54) is 70.0 Å². The molecule has 1 rings (SSSR count). The highest BCUT2D eigenvalue weighted by atomic mass is 33.1. The fraction of sp³-hybridized carbons (Fsp3) is 0.650. The summed E-state index contributed by atoms with van der Waals surface area (Å²) < 4.78 is 5.35. The maximum atomic E-state index is 5.35. The van der Waals surface area contributed by atoms with Crippen molar-refractivity contribution >= 4 is 32.5 Å². The molecule has 0 radical (unpaired) electrons. The van der Waals surface area contributed by atoms with Gasteiger partial charge in [-0.25, -0.2) is 4.99 Å². The Morgan fingerprint density at radius 1 is 0.875 bits per heavy atom. The summed E-state index contributed by atoms with van der Waals surface area (Å²) in [5, 5.41) is 0.735. The molecule has 2 nitrogen and oxygen atoms in total. The number of ether oxygens (including phenoxy) is 1. The summed E-state index contributed by atoms with van der Waals surface area (Å²) in [6.07, 6.45) is 13.9. The van der Waals surface area contributed by atoms with E-state index in [2.05, 4.69) is 11.9 Å². The van der Waals surface area contributed by atoms with Crippen LogP contribution in [0.25, 0.3) is 0 Å². The van der Waals surface area contributed by atoms with E-state index in [1.54, 1.807) is 17.9 Å². The highest BCUT2D eigenvalue weighted by Crippen LogP contribution is 2.27. The summed E-state index contributed by atoms with van der Waals surface area (Å²) >= 11 is 0. The van der Waals surface area contributed by atoms with Gasteiger partial charge in [0.25, 0.3) is 5.23 Å². The van der Waals surface area contributed by atoms with Crippen molar-refractivity contribution in [3.63, 3.8) is 0 Å². The average Bonchev–Trinajstić information content (AvgIpc) is 2.62. The first-order chi connectivity index (χ1) is 11.9. The molecule has 0 atom stereocenters. The Morgan fingerprint density at radius 2 is 1.46 bits per heavy atom. The Kier molecular flexibility index (Phi) is 14.2. The van der Waals surface area contributed by atoms with Crippen LogP contribution < -0.4 is 0 Å². The number of hydrogen-bond donors (Lipinski definition) is 0. The molecule has 0 saturated carbocycles. The number of benzene rings is 1. The Morgan fingerprint density at radius 3 is 2.04 bits per heavy atom. The lowest BCUT2D eigenvalue weighted by atomic mass is 10.1. The van der Waals surface area contributed by atoms with Crippen molar-refractivity contribution in [2.45, 2.75) is 71.1 Å². The van der Waals surface area contributed by atoms with Crippen LogP contribution in [0.3, 0.4) is 0 Å². The highest BCUT2D eigenvalue weighted by molar-refractivity contribution is 8.82. The lowest BCUT2D eigenvalue weighted by Gasteiger charge is -2.04. The molecule has 0 aliphatic rings. The van der Waals surface area contributed by atoms with Crippen molar-refractivity contribution < 1.29 is 4.74 Å². The Hall–Kier alpha value is -0.610. The van der Waals surface area contributed by atoms with Gasteiger partial charge in [0.2, 0.25) is 0 Å². The number of methoxy groups -OCH3 is 1. The van der Waals surface area contributed by atoms with Gasteiger partial charge < -0.3 is 4.74 Å². The van der Waals surface area contributed by atoms with E-state index in [0.717, 1.165) is 10.9 Å². The standard InChI is InChI=1S/C20H33NOS2/c1-3-4-5-6-7-8-9-10-11-15-18-23-24-20(22-2)21-19-16-13-12-14-17-19/h12-14,16-17H,3-11,15,18H2,1-2H3/b21-20+. The normalized spacial score (nSPS) is 11.7. The molecule has 136 valence electrons. The van der Waals surface area contributed by atoms with Crippen LogP contribution in [0.1, 0.15) is 71.1 Å². The predicted molar refractivity (Wildman–Crippen MR) is 112 cm³/mol. The zero-order chi connectivity index (χ0) is 17.3. The molecular weight excluding hydrogens is 334 g/mol. The van der Waals surface area contributed by atoms with Gasteiger partial charge in [-0.3, -0.25) is 0 Å². The molecule has 0 fully saturated rings. The summed E-state index contributed by atoms with van der Waals surface area (Å²) in [5.74, 6) is 1.17. The highest BCUT2D eigenvalue weighted by Gasteiger charge is 2.01. The van der Waals surface area contributed by atoms with Gasteiger partial charge in [0.05, 0.1) is 12.8 Å². The quantitative estimate of drug-likeness (QED) is 0.155. The molecule has 0 aliphatic heterocycles. The van der Waals surface area contributed by atoms with Gasteiger partial charge in [-0.05, 0) is 18.6 Å². The first kappa shape index (κ1) is 21.4. The van der Waals surface area contributed by atoms with Crippen LogP contribution in [-0.2, 0) is 4.74 Å². The van der Waals surface area contributed by atoms with Gasteiger partial charge in [-0.1, -0.05) is 93.7 Å². The summed E-state index contributed by atoms with van der Waals surface area (Å²) in [4.78, 5) is 4.50. The van der Waals surface area contributed by atoms with Crippen molar-refractivity contribution in [2.75, 3.05) is 12.9 Å². The Labute approximate surface area is 156 Å². The molecule has 0 heterocycles. The van der Waals surface area contributed by atoms with Gasteiger partial charge in [-0.15, -0.1) is 0 Å². The number of hydrogen-bond acceptors (Lipinski definition) is 4. The minimum absolute atomic E-state index is 0.735. The van der Waals surface area contributed by atoms with Crippen molar-refractivity contribution in [1.29, 1.82) is 0 Å². The second kappa shape index (κ2) is 15.9. The van der Waals surface area contributed by atoms with Crippen molar-refractivity contribution in [1.82, 2.24) is 0 Å². The van der Waals surface area contributed by atoms with Gasteiger partial charge in [0.15, 0.2) is 0 Å². The van der Waals surface area contributed by atoms with Crippen LogP contribution in [-0.4, -0.2) is 18.1 Å². The topological polar surface area (TPSA) is 21.6 Å². The molecule has 4 heteroatoms. The van der Waals surface area contributed by atoms with Crippen LogP contribution in [0.4, 0.5) is 5.69 Å². The second-order valence-electron chi connectivity index (χ2n) is 6.00. The zero-order valence-corrected chi connectivity index (χ0v) is 17.0. The fourth-order valence-electron chi connectivity index (χ4n) is 2.45. The minimum Gasteiger partial charge on any atom is -0.476 e. The van der Waals surface area contributed by atoms with E-state index in [4.69, 9.17) is 4.74 Å². The molecule has 0 bridgehead atoms. The third-order valence-corrected chi connectivity index (χ3v) is 6.12. The number of aliphatic imine (C=N–C) groups is 1. The van der Waals surface area contributed by atoms with Gasteiger partial charge in [0, 0.05) is 16.5 Å². The molecule has 0 aromatic heterocycles. The summed E-state index contributed by atoms with van der Waals surface area (Å²) in [6, 6.07) is 9.97. The van der Waals surface area contributed by atoms with Crippen molar-refractivity contribution in [3.05, 3.63) is 30.3 Å². The van der Waals surface area contributed by atoms with Crippen LogP contribution >= 0.6 is 21.6 Å². The first-order valence-corrected chi connectivity index (χ1v) is 11.7. The third kappa shape index (κ3) is 11.9. The van der Waals surface area contributed by atoms with Crippen LogP contribution in [0.2, 0.25) is 0 Å². The van der Waals surface area contributed by atoms with E-state index in [0.29, 0.717) is 0 Å². The number of unbranched alkanes of at least 4 members (excludes halogenated alkanes) is 9. The molecular formula is C20H33NOS2. The fourth-order valence-corrected chi connectivity index (χ4v) is 4.39. The summed E-state index contributed by atoms with van der Waals surface area (Å²) in [6.45, 7) is 2.28. The predicted octanol–water partition coefficient (Wildman–Crippen LogP) is 7.62. The van der Waals surface area contributed by atoms with E-state index in [-0.39, 0.29) is 0 Å². The van der Waals surface area contributed by atoms with Crippen molar-refractivity contribution in [3.8, 4) is 0 Å². The number of para-hydroxylation sites is 1. The lowest BCUT2D eigenvalue weighted by molar-refractivity contribution is 0.417. The SMILES string of the molecule is CCCCCCCCCCCCSS/C(=N/c1ccccc1)OC. The molecule has 0 aliphatic carbocycles. The molecule has 0 unspecified atom stereocenters. The maximum absolute atomic E-state index is 5.35. The zero-order valence-electron chi connectivity index (χ0n) is 15.3. The summed E-state index contributed by atoms with van der Waals surface area (Å²) in [7, 11) is 5.17. The lowest BCUT2D eigenvalue weighted by Crippen LogP contribution is -1.92. The Bertz CT molecular complexity index is 423. The average molecular weight is 368 g/mol. The van der Waals surface area contributed by atoms with Gasteiger partial charge >= 0.3 is 0 Å². The molecule has 0 spiro atoms. The molecule has 0 saturated heterocycles. The third-order valence-electron chi connectivity index (χ3n) is 3.86. The molecule has 24 heavy (non-hydrogen) atoms. The monoisotopic (exact) mass is 367 g/mol. The maximum Gasteiger partial charge on any atom is 0.261 e. The van der Waals surface area contributed by atoms with Gasteiger partial charge in [-0.2, -0.15) is 0 Å².